The molecule has 0 unspecified atom stereocenters. The molecule has 2 aromatic rings. The fraction of sp³-hybridized carbons (Fsp3) is 0.385. The fourth-order valence-electron chi connectivity index (χ4n) is 1.93. The maximum absolute atomic E-state index is 10.5. The van der Waals surface area contributed by atoms with Crippen molar-refractivity contribution in [3.05, 3.63) is 23.8 Å². The molecular formula is C13H16N2O3. The fourth-order valence-corrected chi connectivity index (χ4v) is 1.93. The lowest BCUT2D eigenvalue weighted by Gasteiger charge is -2.01. The minimum atomic E-state index is -1.35. The number of fused-ring (bicyclic) bond motifs is 1. The van der Waals surface area contributed by atoms with Gasteiger partial charge in [-0.2, -0.15) is 4.98 Å². The molecule has 0 amide bonds. The molecule has 0 radical (unpaired) electrons. The number of carbonyl (C=O) groups is 1. The molecule has 1 aromatic heterocycles. The Morgan fingerprint density at radius 1 is 1.50 bits per heavy atom. The van der Waals surface area contributed by atoms with Crippen LogP contribution in [0.2, 0.25) is 0 Å². The number of aryl methyl sites for hydroxylation is 2. The van der Waals surface area contributed by atoms with E-state index in [4.69, 9.17) is 5.11 Å². The van der Waals surface area contributed by atoms with Gasteiger partial charge in [0.15, 0.2) is 0 Å². The Hall–Kier alpha value is -2.04. The number of ether oxygens (including phenoxy) is 1. The second kappa shape index (κ2) is 5.08. The van der Waals surface area contributed by atoms with Gasteiger partial charge in [0.2, 0.25) is 0 Å². The average Bonchev–Trinajstić information content (AvgIpc) is 2.63. The first-order chi connectivity index (χ1) is 8.61. The minimum absolute atomic E-state index is 0.102. The standard InChI is InChI=1S/C13H16N2O3/c1-3-4-5-9-6-7-11-10(8-9)14-12(15(11)2)18-13(16)17/h6-8H,3-5H2,1-2H3,(H,16,17). The molecule has 2 rings (SSSR count). The number of nitrogens with zero attached hydrogens (tertiary/aromatic N) is 2. The molecule has 0 atom stereocenters. The van der Waals surface area contributed by atoms with Crippen LogP contribution in [0.5, 0.6) is 6.01 Å². The van der Waals surface area contributed by atoms with Gasteiger partial charge in [0.05, 0.1) is 11.0 Å². The van der Waals surface area contributed by atoms with E-state index in [0.29, 0.717) is 0 Å². The Bertz CT molecular complexity index is 575. The largest absolute Gasteiger partial charge is 0.513 e. The molecule has 1 heterocycles. The third kappa shape index (κ3) is 2.45. The smallest absolute Gasteiger partial charge is 0.449 e. The first kappa shape index (κ1) is 12.4. The van der Waals surface area contributed by atoms with Crippen LogP contribution >= 0.6 is 0 Å². The lowest BCUT2D eigenvalue weighted by Crippen LogP contribution is -2.07. The Morgan fingerprint density at radius 2 is 2.28 bits per heavy atom. The topological polar surface area (TPSA) is 64.3 Å². The third-order valence-corrected chi connectivity index (χ3v) is 2.90. The van der Waals surface area contributed by atoms with Gasteiger partial charge in [-0.15, -0.1) is 0 Å². The summed E-state index contributed by atoms with van der Waals surface area (Å²) in [6, 6.07) is 6.08. The second-order valence-electron chi connectivity index (χ2n) is 4.25. The van der Waals surface area contributed by atoms with Crippen molar-refractivity contribution in [2.24, 2.45) is 7.05 Å². The van der Waals surface area contributed by atoms with E-state index >= 15 is 0 Å². The maximum Gasteiger partial charge on any atom is 0.513 e. The normalized spacial score (nSPS) is 10.8. The Morgan fingerprint density at radius 3 is 2.94 bits per heavy atom. The SMILES string of the molecule is CCCCc1ccc2c(c1)nc(OC(=O)O)n2C. The lowest BCUT2D eigenvalue weighted by molar-refractivity contribution is 0.139. The number of aromatic nitrogens is 2. The third-order valence-electron chi connectivity index (χ3n) is 2.90. The van der Waals surface area contributed by atoms with Gasteiger partial charge in [-0.3, -0.25) is 4.57 Å². The predicted octanol–water partition coefficient (Wildman–Crippen LogP) is 2.97. The molecule has 0 aliphatic heterocycles. The van der Waals surface area contributed by atoms with Crippen LogP contribution in [-0.4, -0.2) is 20.8 Å². The van der Waals surface area contributed by atoms with Crippen molar-refractivity contribution in [3.8, 4) is 6.01 Å². The van der Waals surface area contributed by atoms with Crippen molar-refractivity contribution in [1.82, 2.24) is 9.55 Å². The summed E-state index contributed by atoms with van der Waals surface area (Å²) in [5, 5.41) is 8.61. The van der Waals surface area contributed by atoms with Gasteiger partial charge in [-0.05, 0) is 30.5 Å². The van der Waals surface area contributed by atoms with Gasteiger partial charge in [0.1, 0.15) is 0 Å². The predicted molar refractivity (Wildman–Crippen MR) is 68.0 cm³/mol. The van der Waals surface area contributed by atoms with Crippen LogP contribution in [0, 0.1) is 0 Å². The van der Waals surface area contributed by atoms with E-state index in [1.54, 1.807) is 11.6 Å². The average molecular weight is 248 g/mol. The molecule has 5 nitrogen and oxygen atoms in total. The molecule has 5 heteroatoms. The van der Waals surface area contributed by atoms with Crippen LogP contribution in [0.4, 0.5) is 4.79 Å². The molecule has 0 aliphatic carbocycles. The highest BCUT2D eigenvalue weighted by Gasteiger charge is 2.12. The first-order valence-electron chi connectivity index (χ1n) is 5.98. The number of imidazole rings is 1. The lowest BCUT2D eigenvalue weighted by atomic mass is 10.1. The number of rotatable bonds is 4. The summed E-state index contributed by atoms with van der Waals surface area (Å²) in [5.74, 6) is 0. The number of hydrogen-bond donors (Lipinski definition) is 1. The summed E-state index contributed by atoms with van der Waals surface area (Å²) in [7, 11) is 1.74. The molecule has 0 saturated carbocycles. The molecule has 1 aromatic carbocycles. The Balaban J connectivity index is 2.35. The van der Waals surface area contributed by atoms with Crippen molar-refractivity contribution < 1.29 is 14.6 Å². The van der Waals surface area contributed by atoms with Crippen molar-refractivity contribution in [2.45, 2.75) is 26.2 Å². The molecular weight excluding hydrogens is 232 g/mol. The highest BCUT2D eigenvalue weighted by molar-refractivity contribution is 5.78. The van der Waals surface area contributed by atoms with Gasteiger partial charge in [0.25, 0.3) is 0 Å². The van der Waals surface area contributed by atoms with Crippen LogP contribution in [0.1, 0.15) is 25.3 Å². The van der Waals surface area contributed by atoms with E-state index in [1.165, 1.54) is 5.56 Å². The van der Waals surface area contributed by atoms with Crippen molar-refractivity contribution in [3.63, 3.8) is 0 Å². The van der Waals surface area contributed by atoms with Crippen LogP contribution in [0.25, 0.3) is 11.0 Å². The number of carboxylic acid groups (broad SMARTS) is 1. The zero-order chi connectivity index (χ0) is 13.1. The zero-order valence-electron chi connectivity index (χ0n) is 10.5. The maximum atomic E-state index is 10.5. The van der Waals surface area contributed by atoms with Crippen LogP contribution in [-0.2, 0) is 13.5 Å². The van der Waals surface area contributed by atoms with E-state index in [1.807, 2.05) is 18.2 Å². The van der Waals surface area contributed by atoms with E-state index in [9.17, 15) is 4.79 Å². The monoisotopic (exact) mass is 248 g/mol. The number of hydrogen-bond acceptors (Lipinski definition) is 3. The molecule has 1 N–H and O–H groups in total. The summed E-state index contributed by atoms with van der Waals surface area (Å²) in [4.78, 5) is 14.7. The summed E-state index contributed by atoms with van der Waals surface area (Å²) < 4.78 is 6.25. The molecule has 96 valence electrons. The quantitative estimate of drug-likeness (QED) is 0.845. The summed E-state index contributed by atoms with van der Waals surface area (Å²) >= 11 is 0. The van der Waals surface area contributed by atoms with Crippen molar-refractivity contribution in [1.29, 1.82) is 0 Å². The van der Waals surface area contributed by atoms with E-state index in [0.717, 1.165) is 30.3 Å². The molecule has 18 heavy (non-hydrogen) atoms. The highest BCUT2D eigenvalue weighted by atomic mass is 16.7. The van der Waals surface area contributed by atoms with E-state index < -0.39 is 6.16 Å². The van der Waals surface area contributed by atoms with Crippen molar-refractivity contribution in [2.75, 3.05) is 0 Å². The van der Waals surface area contributed by atoms with Gasteiger partial charge < -0.3 is 9.84 Å². The molecule has 0 fully saturated rings. The van der Waals surface area contributed by atoms with E-state index in [2.05, 4.69) is 16.6 Å². The van der Waals surface area contributed by atoms with Gasteiger partial charge in [0, 0.05) is 7.05 Å². The Labute approximate surface area is 105 Å². The zero-order valence-corrected chi connectivity index (χ0v) is 10.5. The Kier molecular flexibility index (Phi) is 3.50. The van der Waals surface area contributed by atoms with Gasteiger partial charge >= 0.3 is 12.2 Å². The number of benzene rings is 1. The highest BCUT2D eigenvalue weighted by Crippen LogP contribution is 2.21. The first-order valence-corrected chi connectivity index (χ1v) is 5.98. The summed E-state index contributed by atoms with van der Waals surface area (Å²) in [6.07, 6.45) is 1.95. The molecule has 0 saturated heterocycles. The summed E-state index contributed by atoms with van der Waals surface area (Å²) in [5.41, 5.74) is 2.85. The van der Waals surface area contributed by atoms with E-state index in [-0.39, 0.29) is 6.01 Å². The van der Waals surface area contributed by atoms with Gasteiger partial charge in [-0.25, -0.2) is 4.79 Å². The van der Waals surface area contributed by atoms with Crippen molar-refractivity contribution >= 4 is 17.2 Å². The molecule has 0 spiro atoms. The number of unbranched alkanes of at least 4 members (excludes halogenated alkanes) is 1. The summed E-state index contributed by atoms with van der Waals surface area (Å²) in [6.45, 7) is 2.15. The molecule has 0 bridgehead atoms. The van der Waals surface area contributed by atoms with Crippen LogP contribution in [0.3, 0.4) is 0 Å². The van der Waals surface area contributed by atoms with Crippen LogP contribution in [0.15, 0.2) is 18.2 Å². The van der Waals surface area contributed by atoms with Crippen LogP contribution < -0.4 is 4.74 Å². The second-order valence-corrected chi connectivity index (χ2v) is 4.25. The molecule has 0 aliphatic rings. The van der Waals surface area contributed by atoms with Gasteiger partial charge in [-0.1, -0.05) is 19.4 Å². The minimum Gasteiger partial charge on any atom is -0.449 e.